The number of piperazine rings is 1. The third kappa shape index (κ3) is 3.16. The maximum Gasteiger partial charge on any atom is 0.243 e. The van der Waals surface area contributed by atoms with Crippen LogP contribution in [0, 0.1) is 0 Å². The molecule has 1 aliphatic rings. The van der Waals surface area contributed by atoms with Crippen molar-refractivity contribution in [3.63, 3.8) is 0 Å². The summed E-state index contributed by atoms with van der Waals surface area (Å²) in [5.41, 5.74) is 0. The van der Waals surface area contributed by atoms with Crippen LogP contribution in [-0.2, 0) is 10.0 Å². The fourth-order valence-electron chi connectivity index (χ4n) is 2.43. The molecule has 1 aromatic rings. The highest BCUT2D eigenvalue weighted by Gasteiger charge is 2.31. The van der Waals surface area contributed by atoms with Gasteiger partial charge in [-0.05, 0) is 48.0 Å². The highest BCUT2D eigenvalue weighted by molar-refractivity contribution is 9.10. The number of hydrogen-bond donors (Lipinski definition) is 1. The zero-order valence-corrected chi connectivity index (χ0v) is 14.2. The van der Waals surface area contributed by atoms with Crippen molar-refractivity contribution in [1.82, 2.24) is 9.62 Å². The van der Waals surface area contributed by atoms with Crippen molar-refractivity contribution in [2.24, 2.45) is 0 Å². The number of sulfonamides is 1. The van der Waals surface area contributed by atoms with Gasteiger partial charge in [0, 0.05) is 25.2 Å². The molecule has 1 N–H and O–H groups in total. The van der Waals surface area contributed by atoms with Gasteiger partial charge in [-0.1, -0.05) is 0 Å². The van der Waals surface area contributed by atoms with Gasteiger partial charge < -0.3 is 10.1 Å². The summed E-state index contributed by atoms with van der Waals surface area (Å²) in [6, 6.07) is 5.12. The lowest BCUT2D eigenvalue weighted by Crippen LogP contribution is -2.55. The topological polar surface area (TPSA) is 58.6 Å². The summed E-state index contributed by atoms with van der Waals surface area (Å²) in [5, 5.41) is 3.33. The fourth-order valence-corrected chi connectivity index (χ4v) is 4.77. The van der Waals surface area contributed by atoms with Crippen LogP contribution in [0.3, 0.4) is 0 Å². The predicted molar refractivity (Wildman–Crippen MR) is 81.5 cm³/mol. The van der Waals surface area contributed by atoms with Gasteiger partial charge in [-0.15, -0.1) is 0 Å². The number of rotatable bonds is 3. The van der Waals surface area contributed by atoms with E-state index in [1.807, 2.05) is 13.8 Å². The quantitative estimate of drug-likeness (QED) is 0.890. The molecule has 0 aliphatic carbocycles. The van der Waals surface area contributed by atoms with E-state index < -0.39 is 10.0 Å². The Morgan fingerprint density at radius 1 is 1.30 bits per heavy atom. The number of nitrogens with zero attached hydrogens (tertiary/aromatic N) is 1. The van der Waals surface area contributed by atoms with Crippen molar-refractivity contribution in [3.8, 4) is 5.75 Å². The van der Waals surface area contributed by atoms with Crippen LogP contribution in [0.4, 0.5) is 0 Å². The van der Waals surface area contributed by atoms with E-state index in [9.17, 15) is 8.42 Å². The number of benzene rings is 1. The molecule has 0 aromatic heterocycles. The van der Waals surface area contributed by atoms with E-state index in [1.165, 1.54) is 4.31 Å². The minimum atomic E-state index is -3.47. The molecule has 0 amide bonds. The van der Waals surface area contributed by atoms with Gasteiger partial charge >= 0.3 is 0 Å². The first-order chi connectivity index (χ1) is 9.34. The molecule has 20 heavy (non-hydrogen) atoms. The third-order valence-electron chi connectivity index (χ3n) is 3.29. The Kier molecular flexibility index (Phi) is 4.73. The molecular weight excluding hydrogens is 344 g/mol. The molecule has 1 aromatic carbocycles. The number of hydrogen-bond acceptors (Lipinski definition) is 4. The highest BCUT2D eigenvalue weighted by atomic mass is 79.9. The zero-order chi connectivity index (χ0) is 14.9. The second-order valence-electron chi connectivity index (χ2n) is 5.09. The SMILES string of the molecule is COc1ccc(S(=O)(=O)N2CC(C)NC(C)C2)cc1Br. The second-order valence-corrected chi connectivity index (χ2v) is 7.88. The van der Waals surface area contributed by atoms with Gasteiger partial charge in [0.25, 0.3) is 0 Å². The van der Waals surface area contributed by atoms with Crippen molar-refractivity contribution in [2.75, 3.05) is 20.2 Å². The van der Waals surface area contributed by atoms with Gasteiger partial charge in [0.05, 0.1) is 16.5 Å². The number of methoxy groups -OCH3 is 1. The molecule has 2 unspecified atom stereocenters. The van der Waals surface area contributed by atoms with Crippen LogP contribution in [0.1, 0.15) is 13.8 Å². The minimum absolute atomic E-state index is 0.148. The molecule has 0 bridgehead atoms. The number of halogens is 1. The van der Waals surface area contributed by atoms with Gasteiger partial charge in [0.2, 0.25) is 10.0 Å². The summed E-state index contributed by atoms with van der Waals surface area (Å²) in [5.74, 6) is 0.617. The van der Waals surface area contributed by atoms with Crippen LogP contribution in [0.5, 0.6) is 5.75 Å². The molecule has 2 rings (SSSR count). The Bertz CT molecular complexity index is 581. The summed E-state index contributed by atoms with van der Waals surface area (Å²) >= 11 is 3.33. The fraction of sp³-hybridized carbons (Fsp3) is 0.538. The van der Waals surface area contributed by atoms with Crippen LogP contribution in [-0.4, -0.2) is 45.0 Å². The zero-order valence-electron chi connectivity index (χ0n) is 11.8. The van der Waals surface area contributed by atoms with E-state index in [-0.39, 0.29) is 17.0 Å². The summed E-state index contributed by atoms with van der Waals surface area (Å²) in [7, 11) is -1.92. The summed E-state index contributed by atoms with van der Waals surface area (Å²) < 4.78 is 32.6. The lowest BCUT2D eigenvalue weighted by molar-refractivity contribution is 0.263. The van der Waals surface area contributed by atoms with Gasteiger partial charge in [0.1, 0.15) is 5.75 Å². The van der Waals surface area contributed by atoms with Gasteiger partial charge in [-0.2, -0.15) is 4.31 Å². The average Bonchev–Trinajstić information content (AvgIpc) is 2.37. The monoisotopic (exact) mass is 362 g/mol. The van der Waals surface area contributed by atoms with Crippen LogP contribution in [0.25, 0.3) is 0 Å². The smallest absolute Gasteiger partial charge is 0.243 e. The molecule has 1 fully saturated rings. The average molecular weight is 363 g/mol. The third-order valence-corrected chi connectivity index (χ3v) is 5.73. The van der Waals surface area contributed by atoms with Crippen LogP contribution < -0.4 is 10.1 Å². The van der Waals surface area contributed by atoms with Crippen LogP contribution >= 0.6 is 15.9 Å². The molecule has 2 atom stereocenters. The molecule has 0 saturated carbocycles. The Labute approximate surface area is 128 Å². The molecule has 1 aliphatic heterocycles. The van der Waals surface area contributed by atoms with E-state index in [0.717, 1.165) is 0 Å². The van der Waals surface area contributed by atoms with E-state index >= 15 is 0 Å². The molecule has 1 saturated heterocycles. The lowest BCUT2D eigenvalue weighted by atomic mass is 10.2. The molecule has 112 valence electrons. The van der Waals surface area contributed by atoms with Gasteiger partial charge in [-0.3, -0.25) is 0 Å². The Hall–Kier alpha value is -0.630. The minimum Gasteiger partial charge on any atom is -0.496 e. The Morgan fingerprint density at radius 3 is 2.40 bits per heavy atom. The molecule has 1 heterocycles. The first-order valence-electron chi connectivity index (χ1n) is 6.44. The number of ether oxygens (including phenoxy) is 1. The standard InChI is InChI=1S/C13H19BrN2O3S/c1-9-7-16(8-10(2)15-9)20(17,18)11-4-5-13(19-3)12(14)6-11/h4-6,9-10,15H,7-8H2,1-3H3. The van der Waals surface area contributed by atoms with Crippen molar-refractivity contribution < 1.29 is 13.2 Å². The largest absolute Gasteiger partial charge is 0.496 e. The lowest BCUT2D eigenvalue weighted by Gasteiger charge is -2.35. The molecular formula is C13H19BrN2O3S. The van der Waals surface area contributed by atoms with E-state index in [4.69, 9.17) is 4.74 Å². The molecule has 5 nitrogen and oxygen atoms in total. The first-order valence-corrected chi connectivity index (χ1v) is 8.67. The first kappa shape index (κ1) is 15.8. The van der Waals surface area contributed by atoms with Crippen molar-refractivity contribution >= 4 is 26.0 Å². The van der Waals surface area contributed by atoms with Crippen LogP contribution in [0.15, 0.2) is 27.6 Å². The molecule has 7 heteroatoms. The Balaban J connectivity index is 2.32. The highest BCUT2D eigenvalue weighted by Crippen LogP contribution is 2.29. The van der Waals surface area contributed by atoms with Crippen molar-refractivity contribution in [3.05, 3.63) is 22.7 Å². The summed E-state index contributed by atoms with van der Waals surface area (Å²) in [6.07, 6.45) is 0. The predicted octanol–water partition coefficient (Wildman–Crippen LogP) is 1.83. The Morgan fingerprint density at radius 2 is 1.90 bits per heavy atom. The second kappa shape index (κ2) is 6.01. The van der Waals surface area contributed by atoms with Crippen molar-refractivity contribution in [1.29, 1.82) is 0 Å². The number of nitrogens with one attached hydrogen (secondary N) is 1. The summed E-state index contributed by atoms with van der Waals surface area (Å²) in [6.45, 7) is 4.94. The van der Waals surface area contributed by atoms with Crippen LogP contribution in [0.2, 0.25) is 0 Å². The maximum absolute atomic E-state index is 12.7. The summed E-state index contributed by atoms with van der Waals surface area (Å²) in [4.78, 5) is 0.284. The maximum atomic E-state index is 12.7. The van der Waals surface area contributed by atoms with E-state index in [0.29, 0.717) is 23.3 Å². The van der Waals surface area contributed by atoms with Gasteiger partial charge in [0.15, 0.2) is 0 Å². The van der Waals surface area contributed by atoms with E-state index in [1.54, 1.807) is 25.3 Å². The normalized spacial score (nSPS) is 24.6. The van der Waals surface area contributed by atoms with Crippen molar-refractivity contribution in [2.45, 2.75) is 30.8 Å². The molecule has 0 radical (unpaired) electrons. The van der Waals surface area contributed by atoms with E-state index in [2.05, 4.69) is 21.2 Å². The molecule has 0 spiro atoms. The van der Waals surface area contributed by atoms with Gasteiger partial charge in [-0.25, -0.2) is 8.42 Å².